The lowest BCUT2D eigenvalue weighted by Gasteiger charge is -2.12. The van der Waals surface area contributed by atoms with Gasteiger partial charge in [0.25, 0.3) is 5.91 Å². The van der Waals surface area contributed by atoms with Gasteiger partial charge in [0.15, 0.2) is 0 Å². The fourth-order valence-electron chi connectivity index (χ4n) is 2.06. The molecule has 1 aliphatic rings. The predicted octanol–water partition coefficient (Wildman–Crippen LogP) is 1.95. The van der Waals surface area contributed by atoms with Gasteiger partial charge < -0.3 is 16.4 Å². The molecule has 1 aromatic rings. The maximum atomic E-state index is 11.9. The molecule has 1 amide bonds. The van der Waals surface area contributed by atoms with Crippen LogP contribution in [0.2, 0.25) is 0 Å². The maximum absolute atomic E-state index is 11.9. The van der Waals surface area contributed by atoms with Crippen molar-refractivity contribution < 1.29 is 4.79 Å². The van der Waals surface area contributed by atoms with Crippen molar-refractivity contribution in [3.05, 3.63) is 29.5 Å². The van der Waals surface area contributed by atoms with Gasteiger partial charge in [-0.1, -0.05) is 0 Å². The van der Waals surface area contributed by atoms with Gasteiger partial charge in [-0.25, -0.2) is 0 Å². The summed E-state index contributed by atoms with van der Waals surface area (Å²) >= 11 is 0. The number of fused-ring (bicyclic) bond motifs is 1. The molecule has 0 saturated carbocycles. The topological polar surface area (TPSA) is 67.2 Å². The van der Waals surface area contributed by atoms with Crippen LogP contribution in [0.4, 0.5) is 11.4 Å². The standard InChI is InChI=1S/C13H17N3O/c1-7(2)15-8(3)12-10-6-9(14)4-5-11(10)16-13(12)17/h4-7,15H,14H2,1-3H3,(H,16,17)/b12-8-. The molecule has 0 aromatic heterocycles. The fourth-order valence-corrected chi connectivity index (χ4v) is 2.06. The largest absolute Gasteiger partial charge is 0.399 e. The van der Waals surface area contributed by atoms with E-state index in [0.717, 1.165) is 16.9 Å². The zero-order valence-corrected chi connectivity index (χ0v) is 10.3. The molecule has 0 bridgehead atoms. The van der Waals surface area contributed by atoms with Gasteiger partial charge in [0.2, 0.25) is 0 Å². The van der Waals surface area contributed by atoms with Crippen LogP contribution in [-0.2, 0) is 4.79 Å². The molecule has 0 saturated heterocycles. The van der Waals surface area contributed by atoms with Crippen molar-refractivity contribution in [2.24, 2.45) is 0 Å². The number of carbonyl (C=O) groups excluding carboxylic acids is 1. The Morgan fingerprint density at radius 2 is 2.12 bits per heavy atom. The van der Waals surface area contributed by atoms with E-state index in [1.807, 2.05) is 32.9 Å². The summed E-state index contributed by atoms with van der Waals surface area (Å²) in [5.41, 5.74) is 9.68. The molecular formula is C13H17N3O. The number of hydrogen-bond acceptors (Lipinski definition) is 3. The van der Waals surface area contributed by atoms with Crippen LogP contribution in [0.15, 0.2) is 23.9 Å². The quantitative estimate of drug-likeness (QED) is 0.538. The van der Waals surface area contributed by atoms with Gasteiger partial charge in [-0.05, 0) is 39.0 Å². The van der Waals surface area contributed by atoms with Crippen LogP contribution >= 0.6 is 0 Å². The summed E-state index contributed by atoms with van der Waals surface area (Å²) in [5, 5.41) is 6.09. The third-order valence-corrected chi connectivity index (χ3v) is 2.67. The summed E-state index contributed by atoms with van der Waals surface area (Å²) in [5.74, 6) is -0.0729. The molecule has 1 aliphatic heterocycles. The first-order chi connectivity index (χ1) is 7.99. The van der Waals surface area contributed by atoms with Crippen LogP contribution in [0.5, 0.6) is 0 Å². The molecule has 0 aliphatic carbocycles. The highest BCUT2D eigenvalue weighted by molar-refractivity contribution is 6.32. The second-order valence-corrected chi connectivity index (χ2v) is 4.56. The van der Waals surface area contributed by atoms with E-state index >= 15 is 0 Å². The van der Waals surface area contributed by atoms with Crippen molar-refractivity contribution in [2.75, 3.05) is 11.1 Å². The zero-order valence-electron chi connectivity index (χ0n) is 10.3. The van der Waals surface area contributed by atoms with Gasteiger partial charge in [-0.3, -0.25) is 4.79 Å². The average molecular weight is 231 g/mol. The minimum absolute atomic E-state index is 0.0729. The number of anilines is 2. The SMILES string of the molecule is C/C(NC(C)C)=C1/C(=O)Nc2ccc(N)cc21. The molecular weight excluding hydrogens is 214 g/mol. The first-order valence-corrected chi connectivity index (χ1v) is 5.67. The maximum Gasteiger partial charge on any atom is 0.258 e. The smallest absolute Gasteiger partial charge is 0.258 e. The van der Waals surface area contributed by atoms with Gasteiger partial charge in [0.1, 0.15) is 0 Å². The molecule has 0 spiro atoms. The summed E-state index contributed by atoms with van der Waals surface area (Å²) in [6, 6.07) is 5.74. The normalized spacial score (nSPS) is 16.8. The minimum atomic E-state index is -0.0729. The van der Waals surface area contributed by atoms with E-state index < -0.39 is 0 Å². The molecule has 4 N–H and O–H groups in total. The fraction of sp³-hybridized carbons (Fsp3) is 0.308. The van der Waals surface area contributed by atoms with Crippen molar-refractivity contribution in [1.82, 2.24) is 5.32 Å². The molecule has 1 heterocycles. The van der Waals surface area contributed by atoms with Gasteiger partial charge in [-0.15, -0.1) is 0 Å². The summed E-state index contributed by atoms with van der Waals surface area (Å²) in [6.07, 6.45) is 0. The van der Waals surface area contributed by atoms with E-state index in [1.165, 1.54) is 0 Å². The Labute approximate surface area is 101 Å². The highest BCUT2D eigenvalue weighted by Gasteiger charge is 2.26. The Hall–Kier alpha value is -1.97. The number of amides is 1. The van der Waals surface area contributed by atoms with Crippen molar-refractivity contribution in [3.63, 3.8) is 0 Å². The lowest BCUT2D eigenvalue weighted by Crippen LogP contribution is -2.22. The number of carbonyl (C=O) groups is 1. The Kier molecular flexibility index (Phi) is 2.79. The van der Waals surface area contributed by atoms with Crippen LogP contribution in [0.1, 0.15) is 26.3 Å². The number of nitrogens with two attached hydrogens (primary N) is 1. The Balaban J connectivity index is 2.50. The van der Waals surface area contributed by atoms with Crippen molar-refractivity contribution in [1.29, 1.82) is 0 Å². The summed E-state index contributed by atoms with van der Waals surface area (Å²) < 4.78 is 0. The number of allylic oxidation sites excluding steroid dienone is 1. The van der Waals surface area contributed by atoms with Crippen LogP contribution in [0, 0.1) is 0 Å². The Morgan fingerprint density at radius 3 is 2.76 bits per heavy atom. The number of hydrogen-bond donors (Lipinski definition) is 3. The molecule has 1 aromatic carbocycles. The van der Waals surface area contributed by atoms with Gasteiger partial charge in [0, 0.05) is 28.7 Å². The highest BCUT2D eigenvalue weighted by Crippen LogP contribution is 2.34. The van der Waals surface area contributed by atoms with E-state index in [9.17, 15) is 4.79 Å². The number of nitrogens with one attached hydrogen (secondary N) is 2. The third kappa shape index (κ3) is 2.11. The summed E-state index contributed by atoms with van der Waals surface area (Å²) in [7, 11) is 0. The molecule has 0 fully saturated rings. The Bertz CT molecular complexity index is 503. The molecule has 0 radical (unpaired) electrons. The highest BCUT2D eigenvalue weighted by atomic mass is 16.2. The second-order valence-electron chi connectivity index (χ2n) is 4.56. The minimum Gasteiger partial charge on any atom is -0.399 e. The second kappa shape index (κ2) is 4.13. The van der Waals surface area contributed by atoms with Gasteiger partial charge in [0.05, 0.1) is 5.57 Å². The van der Waals surface area contributed by atoms with Crippen LogP contribution < -0.4 is 16.4 Å². The molecule has 90 valence electrons. The monoisotopic (exact) mass is 231 g/mol. The van der Waals surface area contributed by atoms with Crippen molar-refractivity contribution >= 4 is 22.9 Å². The van der Waals surface area contributed by atoms with E-state index in [-0.39, 0.29) is 5.91 Å². The lowest BCUT2D eigenvalue weighted by molar-refractivity contribution is -0.110. The number of nitrogen functional groups attached to an aromatic ring is 1. The first-order valence-electron chi connectivity index (χ1n) is 5.67. The molecule has 17 heavy (non-hydrogen) atoms. The first kappa shape index (κ1) is 11.5. The van der Waals surface area contributed by atoms with E-state index in [4.69, 9.17) is 5.73 Å². The molecule has 4 heteroatoms. The third-order valence-electron chi connectivity index (χ3n) is 2.67. The zero-order chi connectivity index (χ0) is 12.6. The van der Waals surface area contributed by atoms with Crippen molar-refractivity contribution in [3.8, 4) is 0 Å². The van der Waals surface area contributed by atoms with Gasteiger partial charge >= 0.3 is 0 Å². The summed E-state index contributed by atoms with van der Waals surface area (Å²) in [6.45, 7) is 5.99. The van der Waals surface area contributed by atoms with Crippen molar-refractivity contribution in [2.45, 2.75) is 26.8 Å². The predicted molar refractivity (Wildman–Crippen MR) is 70.3 cm³/mol. The van der Waals surface area contributed by atoms with Crippen LogP contribution in [-0.4, -0.2) is 11.9 Å². The lowest BCUT2D eigenvalue weighted by atomic mass is 10.0. The molecule has 0 atom stereocenters. The number of benzene rings is 1. The Morgan fingerprint density at radius 1 is 1.41 bits per heavy atom. The molecule has 2 rings (SSSR count). The van der Waals surface area contributed by atoms with E-state index in [0.29, 0.717) is 17.3 Å². The average Bonchev–Trinajstić information content (AvgIpc) is 2.52. The summed E-state index contributed by atoms with van der Waals surface area (Å²) in [4.78, 5) is 11.9. The van der Waals surface area contributed by atoms with Crippen LogP contribution in [0.3, 0.4) is 0 Å². The molecule has 4 nitrogen and oxygen atoms in total. The molecule has 0 unspecified atom stereocenters. The number of rotatable bonds is 2. The van der Waals surface area contributed by atoms with E-state index in [2.05, 4.69) is 10.6 Å². The van der Waals surface area contributed by atoms with Crippen LogP contribution in [0.25, 0.3) is 5.57 Å². The van der Waals surface area contributed by atoms with Gasteiger partial charge in [-0.2, -0.15) is 0 Å². The van der Waals surface area contributed by atoms with E-state index in [1.54, 1.807) is 6.07 Å².